The number of aromatic amines is 2. The first-order valence-corrected chi connectivity index (χ1v) is 13.8. The predicted molar refractivity (Wildman–Crippen MR) is 146 cm³/mol. The van der Waals surface area contributed by atoms with Gasteiger partial charge in [-0.15, -0.1) is 0 Å². The minimum absolute atomic E-state index is 0.293. The topological polar surface area (TPSA) is 81.4 Å². The van der Waals surface area contributed by atoms with E-state index < -0.39 is 0 Å². The maximum atomic E-state index is 6.58. The molecule has 0 radical (unpaired) electrons. The average molecular weight is 507 g/mol. The van der Waals surface area contributed by atoms with Crippen LogP contribution in [0.25, 0.3) is 44.2 Å². The lowest BCUT2D eigenvalue weighted by Crippen LogP contribution is -2.18. The molecule has 0 spiro atoms. The summed E-state index contributed by atoms with van der Waals surface area (Å²) in [7, 11) is 0. The molecule has 9 rings (SSSR count). The zero-order valence-electron chi connectivity index (χ0n) is 20.3. The lowest BCUT2D eigenvalue weighted by molar-refractivity contribution is 0.543. The van der Waals surface area contributed by atoms with Gasteiger partial charge in [-0.3, -0.25) is 0 Å². The van der Waals surface area contributed by atoms with Crippen molar-refractivity contribution in [3.05, 3.63) is 71.4 Å². The third kappa shape index (κ3) is 3.39. The summed E-state index contributed by atoms with van der Waals surface area (Å²) in [4.78, 5) is 16.6. The highest BCUT2D eigenvalue weighted by atomic mass is 35.5. The molecule has 4 heterocycles. The molecule has 2 aromatic heterocycles. The van der Waals surface area contributed by atoms with Gasteiger partial charge in [0.05, 0.1) is 28.8 Å². The number of nitrogens with zero attached hydrogens (tertiary/aromatic N) is 2. The second-order valence-corrected chi connectivity index (χ2v) is 11.9. The molecule has 6 atom stereocenters. The molecule has 4 aliphatic rings. The largest absolute Gasteiger partial charge is 0.341 e. The van der Waals surface area contributed by atoms with Crippen LogP contribution in [0.2, 0.25) is 5.15 Å². The Morgan fingerprint density at radius 3 is 1.97 bits per heavy atom. The van der Waals surface area contributed by atoms with Gasteiger partial charge in [0, 0.05) is 17.6 Å². The van der Waals surface area contributed by atoms with Crippen LogP contribution in [-0.4, -0.2) is 32.0 Å². The van der Waals surface area contributed by atoms with Crippen molar-refractivity contribution in [2.45, 2.75) is 49.9 Å². The fourth-order valence-electron chi connectivity index (χ4n) is 6.74. The highest BCUT2D eigenvalue weighted by Gasteiger charge is 2.47. The van der Waals surface area contributed by atoms with Crippen LogP contribution >= 0.6 is 11.6 Å². The van der Waals surface area contributed by atoms with Gasteiger partial charge in [-0.25, -0.2) is 9.97 Å². The van der Waals surface area contributed by atoms with E-state index in [1.54, 1.807) is 0 Å². The fraction of sp³-hybridized carbons (Fsp3) is 0.333. The van der Waals surface area contributed by atoms with E-state index in [4.69, 9.17) is 16.6 Å². The maximum absolute atomic E-state index is 6.58. The Kier molecular flexibility index (Phi) is 4.19. The molecule has 37 heavy (non-hydrogen) atoms. The van der Waals surface area contributed by atoms with Gasteiger partial charge in [-0.1, -0.05) is 41.9 Å². The maximum Gasteiger partial charge on any atom is 0.155 e. The monoisotopic (exact) mass is 506 g/mol. The number of fused-ring (bicyclic) bond motifs is 4. The minimum atomic E-state index is 0.293. The SMILES string of the molecule is Clc1nc([C@@H]2C[C@@H]3C[C@H]3N2)[nH]c1-c1ccc2cc(-c3ccc4[nH]c([C@@H]5C[C@@H]6C[C@H]6N5)nc4c3)ccc2c1. The first-order valence-electron chi connectivity index (χ1n) is 13.5. The summed E-state index contributed by atoms with van der Waals surface area (Å²) >= 11 is 6.58. The highest BCUT2D eigenvalue weighted by molar-refractivity contribution is 6.32. The Bertz CT molecular complexity index is 1700. The van der Waals surface area contributed by atoms with Crippen molar-refractivity contribution in [1.29, 1.82) is 0 Å². The molecular weight excluding hydrogens is 480 g/mol. The minimum Gasteiger partial charge on any atom is -0.341 e. The molecule has 5 aromatic rings. The number of hydrogen-bond acceptors (Lipinski definition) is 4. The number of halogens is 1. The first kappa shape index (κ1) is 20.8. The number of aromatic nitrogens is 4. The predicted octanol–water partition coefficient (Wildman–Crippen LogP) is 6.27. The molecule has 0 unspecified atom stereocenters. The number of rotatable bonds is 4. The molecule has 4 N–H and O–H groups in total. The van der Waals surface area contributed by atoms with E-state index in [1.807, 2.05) is 0 Å². The van der Waals surface area contributed by atoms with E-state index in [9.17, 15) is 0 Å². The summed E-state index contributed by atoms with van der Waals surface area (Å²) in [6.45, 7) is 0. The van der Waals surface area contributed by atoms with Crippen molar-refractivity contribution < 1.29 is 0 Å². The fourth-order valence-corrected chi connectivity index (χ4v) is 6.99. The molecule has 7 heteroatoms. The van der Waals surface area contributed by atoms with E-state index in [2.05, 4.69) is 80.2 Å². The standard InChI is InChI=1S/C30H27ClN6/c31-28-27(36-30(37-28)26-13-20-11-23(20)33-26)18-4-3-14-7-15(1-2-16(14)8-18)17-5-6-21-24(9-17)35-29(34-21)25-12-19-10-22(19)32-25/h1-9,19-20,22-23,25-26,32-33H,10-13H2,(H,34,35)(H,36,37)/t19-,20-,22+,23+,25-,26-/m0/s1. The summed E-state index contributed by atoms with van der Waals surface area (Å²) in [5, 5.41) is 10.3. The van der Waals surface area contributed by atoms with Crippen LogP contribution in [0.1, 0.15) is 49.4 Å². The van der Waals surface area contributed by atoms with Gasteiger partial charge >= 0.3 is 0 Å². The molecule has 2 aliphatic carbocycles. The van der Waals surface area contributed by atoms with E-state index in [0.29, 0.717) is 29.3 Å². The van der Waals surface area contributed by atoms with Crippen LogP contribution in [-0.2, 0) is 0 Å². The summed E-state index contributed by atoms with van der Waals surface area (Å²) in [6.07, 6.45) is 4.99. The normalized spacial score (nSPS) is 29.6. The van der Waals surface area contributed by atoms with Crippen molar-refractivity contribution >= 4 is 33.4 Å². The number of H-pyrrole nitrogens is 2. The van der Waals surface area contributed by atoms with Crippen LogP contribution in [0.3, 0.4) is 0 Å². The van der Waals surface area contributed by atoms with E-state index in [0.717, 1.165) is 52.2 Å². The average Bonchev–Trinajstić information content (AvgIpc) is 3.52. The second kappa shape index (κ2) is 7.44. The summed E-state index contributed by atoms with van der Waals surface area (Å²) in [5.74, 6) is 3.71. The molecule has 2 saturated carbocycles. The lowest BCUT2D eigenvalue weighted by Gasteiger charge is -2.09. The van der Waals surface area contributed by atoms with Crippen LogP contribution in [0, 0.1) is 11.8 Å². The van der Waals surface area contributed by atoms with Crippen molar-refractivity contribution in [3.8, 4) is 22.4 Å². The quantitative estimate of drug-likeness (QED) is 0.231. The molecule has 184 valence electrons. The Labute approximate surface area is 219 Å². The van der Waals surface area contributed by atoms with Gasteiger partial charge in [0.25, 0.3) is 0 Å². The summed E-state index contributed by atoms with van der Waals surface area (Å²) in [6, 6.07) is 21.8. The van der Waals surface area contributed by atoms with Crippen molar-refractivity contribution in [1.82, 2.24) is 30.6 Å². The highest BCUT2D eigenvalue weighted by Crippen LogP contribution is 2.47. The lowest BCUT2D eigenvalue weighted by atomic mass is 9.99. The molecule has 2 aliphatic heterocycles. The molecule has 3 aromatic carbocycles. The third-order valence-corrected chi connectivity index (χ3v) is 9.33. The Hall–Kier alpha value is -3.19. The number of imidazole rings is 2. The Balaban J connectivity index is 1.01. The molecule has 0 amide bonds. The van der Waals surface area contributed by atoms with E-state index in [1.165, 1.54) is 41.2 Å². The van der Waals surface area contributed by atoms with Crippen molar-refractivity contribution in [2.75, 3.05) is 0 Å². The van der Waals surface area contributed by atoms with E-state index in [-0.39, 0.29) is 0 Å². The van der Waals surface area contributed by atoms with Crippen LogP contribution in [0.4, 0.5) is 0 Å². The van der Waals surface area contributed by atoms with Gasteiger partial charge in [0.2, 0.25) is 0 Å². The molecule has 0 bridgehead atoms. The van der Waals surface area contributed by atoms with E-state index >= 15 is 0 Å². The number of benzene rings is 3. The Morgan fingerprint density at radius 1 is 0.649 bits per heavy atom. The molecular formula is C30H27ClN6. The second-order valence-electron chi connectivity index (χ2n) is 11.5. The first-order chi connectivity index (χ1) is 18.1. The van der Waals surface area contributed by atoms with Gasteiger partial charge in [-0.2, -0.15) is 0 Å². The number of hydrogen-bond donors (Lipinski definition) is 4. The molecule has 4 fully saturated rings. The third-order valence-electron chi connectivity index (χ3n) is 9.05. The van der Waals surface area contributed by atoms with Crippen molar-refractivity contribution in [3.63, 3.8) is 0 Å². The number of nitrogens with one attached hydrogen (secondary N) is 4. The van der Waals surface area contributed by atoms with Gasteiger partial charge in [0.1, 0.15) is 11.6 Å². The summed E-state index contributed by atoms with van der Waals surface area (Å²) < 4.78 is 0. The zero-order chi connectivity index (χ0) is 24.2. The van der Waals surface area contributed by atoms with Crippen LogP contribution in [0.15, 0.2) is 54.6 Å². The smallest absolute Gasteiger partial charge is 0.155 e. The van der Waals surface area contributed by atoms with Crippen molar-refractivity contribution in [2.24, 2.45) is 11.8 Å². The molecule has 6 nitrogen and oxygen atoms in total. The van der Waals surface area contributed by atoms with Gasteiger partial charge in [0.15, 0.2) is 5.15 Å². The van der Waals surface area contributed by atoms with Gasteiger partial charge in [-0.05, 0) is 83.7 Å². The zero-order valence-corrected chi connectivity index (χ0v) is 21.0. The number of piperidine rings is 2. The van der Waals surface area contributed by atoms with Gasteiger partial charge < -0.3 is 20.6 Å². The van der Waals surface area contributed by atoms with Crippen LogP contribution in [0.5, 0.6) is 0 Å². The molecule has 2 saturated heterocycles. The van der Waals surface area contributed by atoms with Crippen LogP contribution < -0.4 is 10.6 Å². The summed E-state index contributed by atoms with van der Waals surface area (Å²) in [5.41, 5.74) is 6.48. The Morgan fingerprint density at radius 2 is 1.27 bits per heavy atom.